The molecule has 1 aromatic carbocycles. The highest BCUT2D eigenvalue weighted by Crippen LogP contribution is 2.21. The van der Waals surface area contributed by atoms with Gasteiger partial charge in [0.15, 0.2) is 0 Å². The molecule has 20 heavy (non-hydrogen) atoms. The minimum atomic E-state index is 0.835. The van der Waals surface area contributed by atoms with Gasteiger partial charge in [-0.1, -0.05) is 6.07 Å². The number of thiophene rings is 1. The molecule has 0 atom stereocenters. The number of hydrogen-bond acceptors (Lipinski definition) is 5. The molecule has 2 heterocycles. The Kier molecular flexibility index (Phi) is 3.47. The fraction of sp³-hybridized carbons (Fsp3) is 0.214. The van der Waals surface area contributed by atoms with Gasteiger partial charge in [-0.05, 0) is 59.0 Å². The number of aromatic nitrogens is 4. The summed E-state index contributed by atoms with van der Waals surface area (Å²) in [6, 6.07) is 8.35. The van der Waals surface area contributed by atoms with Crippen LogP contribution in [0.5, 0.6) is 0 Å². The lowest BCUT2D eigenvalue weighted by Gasteiger charge is -2.10. The molecule has 102 valence electrons. The Hall–Kier alpha value is -2.21. The summed E-state index contributed by atoms with van der Waals surface area (Å²) >= 11 is 1.77. The lowest BCUT2D eigenvalue weighted by atomic mass is 10.2. The van der Waals surface area contributed by atoms with Crippen molar-refractivity contribution in [3.05, 3.63) is 52.0 Å². The second kappa shape index (κ2) is 5.42. The smallest absolute Gasteiger partial charge is 0.143 e. The van der Waals surface area contributed by atoms with Crippen molar-refractivity contribution in [2.24, 2.45) is 0 Å². The van der Waals surface area contributed by atoms with Crippen LogP contribution in [0.2, 0.25) is 0 Å². The van der Waals surface area contributed by atoms with E-state index in [1.54, 1.807) is 22.3 Å². The molecule has 0 saturated carbocycles. The monoisotopic (exact) mass is 285 g/mol. The van der Waals surface area contributed by atoms with Gasteiger partial charge in [-0.3, -0.25) is 0 Å². The van der Waals surface area contributed by atoms with Crippen molar-refractivity contribution in [2.45, 2.75) is 20.4 Å². The van der Waals surface area contributed by atoms with E-state index in [2.05, 4.69) is 57.4 Å². The molecular formula is C14H15N5S. The molecule has 6 heteroatoms. The topological polar surface area (TPSA) is 55.6 Å². The van der Waals surface area contributed by atoms with E-state index in [9.17, 15) is 0 Å². The molecular weight excluding hydrogens is 270 g/mol. The molecule has 0 bridgehead atoms. The molecule has 2 aromatic heterocycles. The van der Waals surface area contributed by atoms with Gasteiger partial charge < -0.3 is 5.32 Å². The fourth-order valence-corrected chi connectivity index (χ4v) is 2.85. The van der Waals surface area contributed by atoms with E-state index in [0.717, 1.165) is 23.5 Å². The van der Waals surface area contributed by atoms with Crippen LogP contribution in [0.4, 0.5) is 5.69 Å². The number of aryl methyl sites for hydroxylation is 2. The molecule has 0 radical (unpaired) electrons. The molecule has 3 rings (SSSR count). The number of anilines is 1. The average molecular weight is 285 g/mol. The first-order valence-corrected chi connectivity index (χ1v) is 7.23. The van der Waals surface area contributed by atoms with Crippen LogP contribution < -0.4 is 5.32 Å². The highest BCUT2D eigenvalue weighted by Gasteiger charge is 2.05. The van der Waals surface area contributed by atoms with Gasteiger partial charge in [0.25, 0.3) is 0 Å². The molecule has 3 aromatic rings. The van der Waals surface area contributed by atoms with Crippen molar-refractivity contribution in [3.8, 4) is 5.69 Å². The predicted molar refractivity (Wildman–Crippen MR) is 80.3 cm³/mol. The van der Waals surface area contributed by atoms with Crippen LogP contribution in [0.25, 0.3) is 5.69 Å². The molecule has 0 unspecified atom stereocenters. The van der Waals surface area contributed by atoms with Gasteiger partial charge in [-0.2, -0.15) is 0 Å². The van der Waals surface area contributed by atoms with Crippen molar-refractivity contribution < 1.29 is 0 Å². The van der Waals surface area contributed by atoms with Crippen molar-refractivity contribution in [1.82, 2.24) is 20.2 Å². The highest BCUT2D eigenvalue weighted by atomic mass is 32.1. The van der Waals surface area contributed by atoms with Gasteiger partial charge in [0.1, 0.15) is 6.33 Å². The third-order valence-corrected chi connectivity index (χ3v) is 4.25. The standard InChI is InChI=1S/C14H15N5S/c1-10-3-4-12(7-13(10)19-9-16-17-18-19)15-8-14-11(2)5-6-20-14/h3-7,9,15H,8H2,1-2H3. The Morgan fingerprint density at radius 3 is 2.80 bits per heavy atom. The molecule has 5 nitrogen and oxygen atoms in total. The van der Waals surface area contributed by atoms with Crippen molar-refractivity contribution in [1.29, 1.82) is 0 Å². The van der Waals surface area contributed by atoms with E-state index < -0.39 is 0 Å². The lowest BCUT2D eigenvalue weighted by molar-refractivity contribution is 0.785. The molecule has 0 aliphatic carbocycles. The number of tetrazole rings is 1. The molecule has 0 spiro atoms. The minimum Gasteiger partial charge on any atom is -0.380 e. The number of rotatable bonds is 4. The Bertz CT molecular complexity index is 702. The lowest BCUT2D eigenvalue weighted by Crippen LogP contribution is -2.02. The Labute approximate surface area is 121 Å². The second-order valence-electron chi connectivity index (χ2n) is 4.64. The first kappa shape index (κ1) is 12.8. The molecule has 0 saturated heterocycles. The summed E-state index contributed by atoms with van der Waals surface area (Å²) in [7, 11) is 0. The van der Waals surface area contributed by atoms with Gasteiger partial charge in [0, 0.05) is 17.1 Å². The predicted octanol–water partition coefficient (Wildman–Crippen LogP) is 2.95. The Morgan fingerprint density at radius 1 is 1.20 bits per heavy atom. The van der Waals surface area contributed by atoms with E-state index in [-0.39, 0.29) is 0 Å². The fourth-order valence-electron chi connectivity index (χ4n) is 2.01. The molecule has 0 aliphatic heterocycles. The first-order chi connectivity index (χ1) is 9.74. The molecule has 1 N–H and O–H groups in total. The Balaban J connectivity index is 1.81. The Morgan fingerprint density at radius 2 is 2.10 bits per heavy atom. The van der Waals surface area contributed by atoms with Crippen LogP contribution in [0.3, 0.4) is 0 Å². The molecule has 0 aliphatic rings. The van der Waals surface area contributed by atoms with Crippen LogP contribution in [0.1, 0.15) is 16.0 Å². The normalized spacial score (nSPS) is 10.7. The van der Waals surface area contributed by atoms with Crippen molar-refractivity contribution >= 4 is 17.0 Å². The summed E-state index contributed by atoms with van der Waals surface area (Å²) in [4.78, 5) is 1.36. The van der Waals surface area contributed by atoms with Crippen molar-refractivity contribution in [2.75, 3.05) is 5.32 Å². The first-order valence-electron chi connectivity index (χ1n) is 6.35. The van der Waals surface area contributed by atoms with E-state index in [1.165, 1.54) is 10.4 Å². The molecule has 0 fully saturated rings. The van der Waals surface area contributed by atoms with E-state index in [4.69, 9.17) is 0 Å². The zero-order chi connectivity index (χ0) is 13.9. The van der Waals surface area contributed by atoms with Gasteiger partial charge >= 0.3 is 0 Å². The summed E-state index contributed by atoms with van der Waals surface area (Å²) in [5.41, 5.74) is 4.52. The maximum Gasteiger partial charge on any atom is 0.143 e. The highest BCUT2D eigenvalue weighted by molar-refractivity contribution is 7.10. The quantitative estimate of drug-likeness (QED) is 0.800. The number of nitrogens with zero attached hydrogens (tertiary/aromatic N) is 4. The summed E-state index contributed by atoms with van der Waals surface area (Å²) in [5.74, 6) is 0. The van der Waals surface area contributed by atoms with Gasteiger partial charge in [0.2, 0.25) is 0 Å². The number of benzene rings is 1. The zero-order valence-electron chi connectivity index (χ0n) is 11.4. The largest absolute Gasteiger partial charge is 0.380 e. The molecule has 0 amide bonds. The average Bonchev–Trinajstić information content (AvgIpc) is 3.09. The minimum absolute atomic E-state index is 0.835. The van der Waals surface area contributed by atoms with Crippen molar-refractivity contribution in [3.63, 3.8) is 0 Å². The summed E-state index contributed by atoms with van der Waals surface area (Å²) in [6.07, 6.45) is 1.61. The van der Waals surface area contributed by atoms with Gasteiger partial charge in [-0.25, -0.2) is 4.68 Å². The zero-order valence-corrected chi connectivity index (χ0v) is 12.2. The van der Waals surface area contributed by atoms with Crippen LogP contribution in [0, 0.1) is 13.8 Å². The van der Waals surface area contributed by atoms with E-state index >= 15 is 0 Å². The van der Waals surface area contributed by atoms with Gasteiger partial charge in [-0.15, -0.1) is 16.4 Å². The second-order valence-corrected chi connectivity index (χ2v) is 5.64. The number of nitrogens with one attached hydrogen (secondary N) is 1. The van der Waals surface area contributed by atoms with Crippen LogP contribution >= 0.6 is 11.3 Å². The summed E-state index contributed by atoms with van der Waals surface area (Å²) < 4.78 is 1.68. The SMILES string of the molecule is Cc1ccc(NCc2sccc2C)cc1-n1cnnn1. The van der Waals surface area contributed by atoms with Crippen LogP contribution in [-0.4, -0.2) is 20.2 Å². The maximum absolute atomic E-state index is 3.94. The third-order valence-electron chi connectivity index (χ3n) is 3.23. The van der Waals surface area contributed by atoms with E-state index in [1.807, 2.05) is 6.92 Å². The number of hydrogen-bond donors (Lipinski definition) is 1. The summed E-state index contributed by atoms with van der Waals surface area (Å²) in [6.45, 7) is 5.01. The van der Waals surface area contributed by atoms with Gasteiger partial charge in [0.05, 0.1) is 5.69 Å². The third kappa shape index (κ3) is 2.55. The maximum atomic E-state index is 3.94. The van der Waals surface area contributed by atoms with Crippen LogP contribution in [0.15, 0.2) is 36.0 Å². The van der Waals surface area contributed by atoms with Crippen LogP contribution in [-0.2, 0) is 6.54 Å². The summed E-state index contributed by atoms with van der Waals surface area (Å²) in [5, 5.41) is 16.9. The van der Waals surface area contributed by atoms with E-state index in [0.29, 0.717) is 0 Å².